The molecule has 7 heteroatoms. The monoisotopic (exact) mass is 228 g/mol. The molecule has 0 aliphatic carbocycles. The van der Waals surface area contributed by atoms with Crippen molar-refractivity contribution in [1.29, 1.82) is 0 Å². The minimum atomic E-state index is -4.45. The van der Waals surface area contributed by atoms with Crippen LogP contribution in [0.15, 0.2) is 24.4 Å². The van der Waals surface area contributed by atoms with Crippen molar-refractivity contribution in [2.75, 3.05) is 5.43 Å². The number of nitrogen functional groups attached to an aromatic ring is 1. The number of anilines is 1. The van der Waals surface area contributed by atoms with Gasteiger partial charge in [-0.25, -0.2) is 15.8 Å². The van der Waals surface area contributed by atoms with Crippen molar-refractivity contribution in [3.05, 3.63) is 30.1 Å². The Balaban J connectivity index is 2.64. The van der Waals surface area contributed by atoms with E-state index in [1.165, 1.54) is 18.3 Å². The zero-order chi connectivity index (χ0) is 11.8. The number of nitrogens with two attached hydrogens (primary N) is 1. The van der Waals surface area contributed by atoms with Gasteiger partial charge in [-0.15, -0.1) is 0 Å². The van der Waals surface area contributed by atoms with Crippen molar-refractivity contribution in [2.45, 2.75) is 6.18 Å². The molecule has 2 aromatic heterocycles. The number of pyridine rings is 2. The smallest absolute Gasteiger partial charge is 0.308 e. The Labute approximate surface area is 88.3 Å². The van der Waals surface area contributed by atoms with E-state index in [1.807, 2.05) is 0 Å². The van der Waals surface area contributed by atoms with E-state index in [1.54, 1.807) is 0 Å². The molecule has 0 saturated carbocycles. The van der Waals surface area contributed by atoms with Crippen LogP contribution in [0.1, 0.15) is 5.69 Å². The highest BCUT2D eigenvalue weighted by Crippen LogP contribution is 2.29. The zero-order valence-electron chi connectivity index (χ0n) is 7.92. The second-order valence-corrected chi connectivity index (χ2v) is 3.06. The van der Waals surface area contributed by atoms with Gasteiger partial charge in [0.1, 0.15) is 11.5 Å². The number of hydrazine groups is 1. The Morgan fingerprint density at radius 3 is 2.56 bits per heavy atom. The van der Waals surface area contributed by atoms with Gasteiger partial charge in [0.2, 0.25) is 0 Å². The van der Waals surface area contributed by atoms with Crippen LogP contribution >= 0.6 is 0 Å². The van der Waals surface area contributed by atoms with Crippen LogP contribution in [-0.2, 0) is 6.18 Å². The van der Waals surface area contributed by atoms with Crippen molar-refractivity contribution >= 4 is 16.7 Å². The highest BCUT2D eigenvalue weighted by Gasteiger charge is 2.32. The van der Waals surface area contributed by atoms with Gasteiger partial charge in [0.15, 0.2) is 0 Å². The van der Waals surface area contributed by atoms with Crippen LogP contribution < -0.4 is 11.3 Å². The maximum atomic E-state index is 12.4. The highest BCUT2D eigenvalue weighted by atomic mass is 19.4. The molecule has 0 radical (unpaired) electrons. The number of rotatable bonds is 1. The predicted molar refractivity (Wildman–Crippen MR) is 52.4 cm³/mol. The number of nitrogens with one attached hydrogen (secondary N) is 1. The van der Waals surface area contributed by atoms with E-state index in [0.717, 1.165) is 6.07 Å². The Morgan fingerprint density at radius 1 is 1.19 bits per heavy atom. The van der Waals surface area contributed by atoms with Gasteiger partial charge < -0.3 is 5.43 Å². The maximum absolute atomic E-state index is 12.4. The third kappa shape index (κ3) is 1.76. The molecule has 2 heterocycles. The molecule has 84 valence electrons. The predicted octanol–water partition coefficient (Wildman–Crippen LogP) is 1.93. The summed E-state index contributed by atoms with van der Waals surface area (Å²) in [5, 5.41) is 0.443. The molecule has 2 aromatic rings. The number of halogens is 3. The van der Waals surface area contributed by atoms with E-state index in [2.05, 4.69) is 15.4 Å². The SMILES string of the molecule is NNc1nccc2nc(C(F)(F)F)ccc12. The summed E-state index contributed by atoms with van der Waals surface area (Å²) in [7, 11) is 0. The third-order valence-corrected chi connectivity index (χ3v) is 2.04. The molecule has 0 unspecified atom stereocenters. The van der Waals surface area contributed by atoms with Crippen LogP contribution in [0.2, 0.25) is 0 Å². The Hall–Kier alpha value is -1.89. The quantitative estimate of drug-likeness (QED) is 0.578. The molecule has 0 aliphatic heterocycles. The highest BCUT2D eigenvalue weighted by molar-refractivity contribution is 5.88. The first-order valence-electron chi connectivity index (χ1n) is 4.32. The first kappa shape index (κ1) is 10.6. The normalized spacial score (nSPS) is 11.8. The summed E-state index contributed by atoms with van der Waals surface area (Å²) in [4.78, 5) is 7.35. The maximum Gasteiger partial charge on any atom is 0.433 e. The van der Waals surface area contributed by atoms with Crippen molar-refractivity contribution in [1.82, 2.24) is 9.97 Å². The number of aromatic nitrogens is 2. The standard InChI is InChI=1S/C9H7F3N4/c10-9(11,12)7-2-1-5-6(15-7)3-4-14-8(5)16-13/h1-4H,13H2,(H,14,16). The lowest BCUT2D eigenvalue weighted by molar-refractivity contribution is -0.140. The van der Waals surface area contributed by atoms with Crippen molar-refractivity contribution < 1.29 is 13.2 Å². The molecule has 16 heavy (non-hydrogen) atoms. The minimum Gasteiger partial charge on any atom is -0.308 e. The van der Waals surface area contributed by atoms with Crippen molar-refractivity contribution in [2.24, 2.45) is 5.84 Å². The van der Waals surface area contributed by atoms with Crippen molar-refractivity contribution in [3.8, 4) is 0 Å². The molecule has 4 nitrogen and oxygen atoms in total. The van der Waals surface area contributed by atoms with Gasteiger partial charge in [0.05, 0.1) is 5.52 Å². The molecule has 0 amide bonds. The van der Waals surface area contributed by atoms with Gasteiger partial charge in [0, 0.05) is 11.6 Å². The minimum absolute atomic E-state index is 0.192. The average Bonchev–Trinajstić information content (AvgIpc) is 2.26. The lowest BCUT2D eigenvalue weighted by atomic mass is 10.2. The molecule has 0 fully saturated rings. The van der Waals surface area contributed by atoms with Crippen LogP contribution in [0.4, 0.5) is 19.0 Å². The molecule has 0 bridgehead atoms. The number of fused-ring (bicyclic) bond motifs is 1. The molecule has 0 spiro atoms. The summed E-state index contributed by atoms with van der Waals surface area (Å²) >= 11 is 0. The summed E-state index contributed by atoms with van der Waals surface area (Å²) in [5.41, 5.74) is 1.55. The summed E-state index contributed by atoms with van der Waals surface area (Å²) in [5.74, 6) is 5.47. The van der Waals surface area contributed by atoms with Gasteiger partial charge in [-0.05, 0) is 18.2 Å². The molecule has 2 rings (SSSR count). The van der Waals surface area contributed by atoms with E-state index < -0.39 is 11.9 Å². The fourth-order valence-corrected chi connectivity index (χ4v) is 1.33. The second-order valence-electron chi connectivity index (χ2n) is 3.06. The fraction of sp³-hybridized carbons (Fsp3) is 0.111. The first-order valence-corrected chi connectivity index (χ1v) is 4.32. The zero-order valence-corrected chi connectivity index (χ0v) is 7.92. The topological polar surface area (TPSA) is 63.8 Å². The fourth-order valence-electron chi connectivity index (χ4n) is 1.33. The Morgan fingerprint density at radius 2 is 1.94 bits per heavy atom. The van der Waals surface area contributed by atoms with E-state index >= 15 is 0 Å². The lowest BCUT2D eigenvalue weighted by Gasteiger charge is -2.08. The van der Waals surface area contributed by atoms with Crippen LogP contribution in [0.3, 0.4) is 0 Å². The summed E-state index contributed by atoms with van der Waals surface area (Å²) in [6, 6.07) is 3.57. The number of nitrogens with zero attached hydrogens (tertiary/aromatic N) is 2. The van der Waals surface area contributed by atoms with E-state index in [4.69, 9.17) is 5.84 Å². The number of hydrogen-bond donors (Lipinski definition) is 2. The van der Waals surface area contributed by atoms with E-state index in [-0.39, 0.29) is 5.52 Å². The largest absolute Gasteiger partial charge is 0.433 e. The molecular weight excluding hydrogens is 221 g/mol. The van der Waals surface area contributed by atoms with Crippen LogP contribution in [-0.4, -0.2) is 9.97 Å². The van der Waals surface area contributed by atoms with Crippen molar-refractivity contribution in [3.63, 3.8) is 0 Å². The van der Waals surface area contributed by atoms with E-state index in [0.29, 0.717) is 11.2 Å². The number of hydrogen-bond acceptors (Lipinski definition) is 4. The summed E-state index contributed by atoms with van der Waals surface area (Å²) in [6.45, 7) is 0. The molecule has 0 saturated heterocycles. The van der Waals surface area contributed by atoms with Gasteiger partial charge >= 0.3 is 6.18 Å². The van der Waals surface area contributed by atoms with Gasteiger partial charge in [0.25, 0.3) is 0 Å². The Bertz CT molecular complexity index is 524. The third-order valence-electron chi connectivity index (χ3n) is 2.04. The molecular formula is C9H7F3N4. The molecule has 3 N–H and O–H groups in total. The average molecular weight is 228 g/mol. The van der Waals surface area contributed by atoms with Crippen LogP contribution in [0, 0.1) is 0 Å². The van der Waals surface area contributed by atoms with Crippen LogP contribution in [0.5, 0.6) is 0 Å². The second kappa shape index (κ2) is 3.60. The molecule has 0 aromatic carbocycles. The van der Waals surface area contributed by atoms with Gasteiger partial charge in [-0.2, -0.15) is 13.2 Å². The van der Waals surface area contributed by atoms with Crippen LogP contribution in [0.25, 0.3) is 10.9 Å². The lowest BCUT2D eigenvalue weighted by Crippen LogP contribution is -2.10. The summed E-state index contributed by atoms with van der Waals surface area (Å²) in [6.07, 6.45) is -3.11. The van der Waals surface area contributed by atoms with E-state index in [9.17, 15) is 13.2 Å². The van der Waals surface area contributed by atoms with Gasteiger partial charge in [-0.3, -0.25) is 0 Å². The molecule has 0 atom stereocenters. The number of alkyl halides is 3. The molecule has 0 aliphatic rings. The Kier molecular flexibility index (Phi) is 2.39. The summed E-state index contributed by atoms with van der Waals surface area (Å²) < 4.78 is 37.1. The van der Waals surface area contributed by atoms with Gasteiger partial charge in [-0.1, -0.05) is 0 Å². The first-order chi connectivity index (χ1) is 7.52.